The standard InChI is InChI=1S/C24H26N4O3/c1-3-12-27-22-9-8-21(28(30)31)15-18(22)16-23(27)24(29)25-19-4-6-20(7-5-19)26-13-10-17(2)11-14-26/h3-9,15-17H,1,10-14H2,2H3,(H,25,29). The maximum atomic E-state index is 13.0. The van der Waals surface area contributed by atoms with Gasteiger partial charge in [-0.2, -0.15) is 0 Å². The van der Waals surface area contributed by atoms with E-state index in [1.807, 2.05) is 28.8 Å². The van der Waals surface area contributed by atoms with E-state index in [0.29, 0.717) is 23.3 Å². The molecule has 1 saturated heterocycles. The lowest BCUT2D eigenvalue weighted by molar-refractivity contribution is -0.384. The van der Waals surface area contributed by atoms with E-state index < -0.39 is 4.92 Å². The minimum Gasteiger partial charge on any atom is -0.372 e. The molecule has 0 saturated carbocycles. The number of hydrogen-bond donors (Lipinski definition) is 1. The number of rotatable bonds is 6. The quantitative estimate of drug-likeness (QED) is 0.338. The van der Waals surface area contributed by atoms with Crippen molar-refractivity contribution in [2.45, 2.75) is 26.3 Å². The number of anilines is 2. The Bertz CT molecular complexity index is 1130. The summed E-state index contributed by atoms with van der Waals surface area (Å²) >= 11 is 0. The molecule has 7 nitrogen and oxygen atoms in total. The van der Waals surface area contributed by atoms with E-state index in [2.05, 4.69) is 23.7 Å². The summed E-state index contributed by atoms with van der Waals surface area (Å²) in [5, 5.41) is 14.7. The molecule has 0 atom stereocenters. The van der Waals surface area contributed by atoms with E-state index in [0.717, 1.165) is 30.2 Å². The van der Waals surface area contributed by atoms with Gasteiger partial charge in [-0.1, -0.05) is 13.0 Å². The molecule has 4 rings (SSSR count). The van der Waals surface area contributed by atoms with E-state index in [9.17, 15) is 14.9 Å². The number of piperidine rings is 1. The van der Waals surface area contributed by atoms with E-state index in [4.69, 9.17) is 0 Å². The lowest BCUT2D eigenvalue weighted by atomic mass is 9.99. The second kappa shape index (κ2) is 8.63. The largest absolute Gasteiger partial charge is 0.372 e. The van der Waals surface area contributed by atoms with Crippen LogP contribution in [0.25, 0.3) is 10.9 Å². The summed E-state index contributed by atoms with van der Waals surface area (Å²) < 4.78 is 1.81. The molecule has 0 spiro atoms. The number of nitro groups is 1. The number of allylic oxidation sites excluding steroid dienone is 1. The topological polar surface area (TPSA) is 80.4 Å². The third-order valence-electron chi connectivity index (χ3n) is 5.91. The van der Waals surface area contributed by atoms with Gasteiger partial charge in [0.15, 0.2) is 0 Å². The number of carbonyl (C=O) groups is 1. The summed E-state index contributed by atoms with van der Waals surface area (Å²) in [6, 6.07) is 14.2. The number of hydrogen-bond acceptors (Lipinski definition) is 4. The van der Waals surface area contributed by atoms with E-state index >= 15 is 0 Å². The van der Waals surface area contributed by atoms with Crippen LogP contribution in [0.5, 0.6) is 0 Å². The molecular weight excluding hydrogens is 392 g/mol. The Labute approximate surface area is 181 Å². The number of nitro benzene ring substituents is 1. The van der Waals surface area contributed by atoms with Crippen LogP contribution >= 0.6 is 0 Å². The second-order valence-corrected chi connectivity index (χ2v) is 8.10. The molecule has 1 fully saturated rings. The highest BCUT2D eigenvalue weighted by Crippen LogP contribution is 2.27. The van der Waals surface area contributed by atoms with Crippen molar-refractivity contribution < 1.29 is 9.72 Å². The molecule has 0 bridgehead atoms. The van der Waals surface area contributed by atoms with Crippen LogP contribution in [0.1, 0.15) is 30.3 Å². The molecule has 3 aromatic rings. The van der Waals surface area contributed by atoms with Crippen LogP contribution in [0.4, 0.5) is 17.1 Å². The third kappa shape index (κ3) is 4.30. The van der Waals surface area contributed by atoms with Gasteiger partial charge < -0.3 is 14.8 Å². The van der Waals surface area contributed by atoms with Crippen molar-refractivity contribution in [1.29, 1.82) is 0 Å². The fourth-order valence-corrected chi connectivity index (χ4v) is 4.10. The third-order valence-corrected chi connectivity index (χ3v) is 5.91. The first-order chi connectivity index (χ1) is 15.0. The summed E-state index contributed by atoms with van der Waals surface area (Å²) in [6.45, 7) is 8.60. The highest BCUT2D eigenvalue weighted by atomic mass is 16.6. The fourth-order valence-electron chi connectivity index (χ4n) is 4.10. The Morgan fingerprint density at radius 1 is 1.19 bits per heavy atom. The number of aromatic nitrogens is 1. The van der Waals surface area contributed by atoms with Gasteiger partial charge in [0, 0.05) is 54.0 Å². The van der Waals surface area contributed by atoms with Gasteiger partial charge in [0.25, 0.3) is 11.6 Å². The molecule has 160 valence electrons. The molecule has 2 heterocycles. The van der Waals surface area contributed by atoms with Crippen molar-refractivity contribution in [2.24, 2.45) is 5.92 Å². The average molecular weight is 418 g/mol. The molecule has 0 unspecified atom stereocenters. The Hall–Kier alpha value is -3.61. The normalized spacial score (nSPS) is 14.5. The summed E-state index contributed by atoms with van der Waals surface area (Å²) in [6.07, 6.45) is 4.10. The van der Waals surface area contributed by atoms with Gasteiger partial charge in [0.05, 0.1) is 4.92 Å². The van der Waals surface area contributed by atoms with Crippen molar-refractivity contribution in [3.63, 3.8) is 0 Å². The predicted molar refractivity (Wildman–Crippen MR) is 124 cm³/mol. The molecule has 1 aliphatic rings. The summed E-state index contributed by atoms with van der Waals surface area (Å²) in [4.78, 5) is 26.0. The molecule has 7 heteroatoms. The van der Waals surface area contributed by atoms with Gasteiger partial charge >= 0.3 is 0 Å². The smallest absolute Gasteiger partial charge is 0.272 e. The minimum absolute atomic E-state index is 0.00194. The highest BCUT2D eigenvalue weighted by Gasteiger charge is 2.19. The summed E-state index contributed by atoms with van der Waals surface area (Å²) in [7, 11) is 0. The molecule has 31 heavy (non-hydrogen) atoms. The van der Waals surface area contributed by atoms with Crippen LogP contribution in [0.15, 0.2) is 61.2 Å². The Morgan fingerprint density at radius 3 is 2.55 bits per heavy atom. The Balaban J connectivity index is 1.55. The van der Waals surface area contributed by atoms with E-state index in [1.54, 1.807) is 18.2 Å². The molecule has 0 aliphatic carbocycles. The van der Waals surface area contributed by atoms with Crippen molar-refractivity contribution in [2.75, 3.05) is 23.3 Å². The highest BCUT2D eigenvalue weighted by molar-refractivity contribution is 6.06. The lowest BCUT2D eigenvalue weighted by Crippen LogP contribution is -2.32. The Kier molecular flexibility index (Phi) is 5.75. The Morgan fingerprint density at radius 2 is 1.90 bits per heavy atom. The summed E-state index contributed by atoms with van der Waals surface area (Å²) in [5.74, 6) is 0.513. The zero-order valence-electron chi connectivity index (χ0n) is 17.6. The van der Waals surface area contributed by atoms with Crippen LogP contribution in [-0.2, 0) is 6.54 Å². The van der Waals surface area contributed by atoms with Gasteiger partial charge in [-0.05, 0) is 55.2 Å². The van der Waals surface area contributed by atoms with Gasteiger partial charge in [-0.15, -0.1) is 6.58 Å². The van der Waals surface area contributed by atoms with Crippen molar-refractivity contribution in [1.82, 2.24) is 4.57 Å². The van der Waals surface area contributed by atoms with Crippen molar-refractivity contribution in [3.05, 3.63) is 77.0 Å². The second-order valence-electron chi connectivity index (χ2n) is 8.10. The van der Waals surface area contributed by atoms with Gasteiger partial charge in [-0.25, -0.2) is 0 Å². The number of carbonyl (C=O) groups excluding carboxylic acids is 1. The van der Waals surface area contributed by atoms with Crippen LogP contribution in [0.3, 0.4) is 0 Å². The minimum atomic E-state index is -0.436. The average Bonchev–Trinajstić information content (AvgIpc) is 3.13. The number of nitrogens with zero attached hydrogens (tertiary/aromatic N) is 3. The molecule has 1 aromatic heterocycles. The first kappa shape index (κ1) is 20.7. The number of non-ortho nitro benzene ring substituents is 1. The van der Waals surface area contributed by atoms with Crippen LogP contribution < -0.4 is 10.2 Å². The first-order valence-corrected chi connectivity index (χ1v) is 10.5. The molecule has 1 aliphatic heterocycles. The van der Waals surface area contributed by atoms with Crippen molar-refractivity contribution in [3.8, 4) is 0 Å². The lowest BCUT2D eigenvalue weighted by Gasteiger charge is -2.32. The SMILES string of the molecule is C=CCn1c(C(=O)Nc2ccc(N3CCC(C)CC3)cc2)cc2cc([N+](=O)[O-])ccc21. The number of benzene rings is 2. The summed E-state index contributed by atoms with van der Waals surface area (Å²) in [5.41, 5.74) is 3.06. The number of amides is 1. The van der Waals surface area contributed by atoms with Crippen molar-refractivity contribution >= 4 is 33.9 Å². The zero-order chi connectivity index (χ0) is 22.0. The predicted octanol–water partition coefficient (Wildman–Crippen LogP) is 5.22. The van der Waals surface area contributed by atoms with Gasteiger partial charge in [0.2, 0.25) is 0 Å². The maximum Gasteiger partial charge on any atom is 0.272 e. The fraction of sp³-hybridized carbons (Fsp3) is 0.292. The molecule has 2 aromatic carbocycles. The monoisotopic (exact) mass is 418 g/mol. The molecular formula is C24H26N4O3. The molecule has 1 N–H and O–H groups in total. The van der Waals surface area contributed by atoms with Crippen LogP contribution in [0.2, 0.25) is 0 Å². The van der Waals surface area contributed by atoms with Gasteiger partial charge in [0.1, 0.15) is 5.69 Å². The number of fused-ring (bicyclic) bond motifs is 1. The van der Waals surface area contributed by atoms with Crippen LogP contribution in [0, 0.1) is 16.0 Å². The van der Waals surface area contributed by atoms with Gasteiger partial charge in [-0.3, -0.25) is 14.9 Å². The van der Waals surface area contributed by atoms with Crippen LogP contribution in [-0.4, -0.2) is 28.5 Å². The maximum absolute atomic E-state index is 13.0. The van der Waals surface area contributed by atoms with E-state index in [1.165, 1.54) is 25.0 Å². The first-order valence-electron chi connectivity index (χ1n) is 10.5. The number of nitrogens with one attached hydrogen (secondary N) is 1. The molecule has 0 radical (unpaired) electrons. The van der Waals surface area contributed by atoms with E-state index in [-0.39, 0.29) is 11.6 Å². The zero-order valence-corrected chi connectivity index (χ0v) is 17.6. The molecule has 1 amide bonds.